The molecule has 2 aromatic heterocycles. The maximum atomic E-state index is 11.1. The molecule has 1 N–H and O–H groups in total. The van der Waals surface area contributed by atoms with E-state index in [0.29, 0.717) is 11.7 Å². The molecule has 0 aliphatic rings. The SMILES string of the molecule is Cc1nnc(C(Cc2ccco2)C(=O)O)o1. The minimum absolute atomic E-state index is 0.0985. The Labute approximate surface area is 90.9 Å². The van der Waals surface area contributed by atoms with Gasteiger partial charge in [0.15, 0.2) is 0 Å². The molecule has 6 nitrogen and oxygen atoms in total. The van der Waals surface area contributed by atoms with Gasteiger partial charge < -0.3 is 13.9 Å². The van der Waals surface area contributed by atoms with E-state index in [2.05, 4.69) is 10.2 Å². The topological polar surface area (TPSA) is 89.4 Å². The highest BCUT2D eigenvalue weighted by atomic mass is 16.4. The molecule has 0 saturated carbocycles. The zero-order chi connectivity index (χ0) is 11.5. The molecule has 0 saturated heterocycles. The molecule has 0 aliphatic carbocycles. The molecule has 2 aromatic rings. The van der Waals surface area contributed by atoms with Crippen LogP contribution in [-0.4, -0.2) is 21.3 Å². The summed E-state index contributed by atoms with van der Waals surface area (Å²) >= 11 is 0. The summed E-state index contributed by atoms with van der Waals surface area (Å²) in [6, 6.07) is 3.41. The maximum absolute atomic E-state index is 11.1. The second-order valence-corrected chi connectivity index (χ2v) is 3.33. The van der Waals surface area contributed by atoms with E-state index in [1.807, 2.05) is 0 Å². The van der Waals surface area contributed by atoms with E-state index in [1.165, 1.54) is 6.26 Å². The van der Waals surface area contributed by atoms with Crippen LogP contribution in [0.1, 0.15) is 23.5 Å². The molecule has 16 heavy (non-hydrogen) atoms. The van der Waals surface area contributed by atoms with Crippen molar-refractivity contribution in [1.29, 1.82) is 0 Å². The van der Waals surface area contributed by atoms with Gasteiger partial charge in [0.25, 0.3) is 0 Å². The number of carboxylic acid groups (broad SMARTS) is 1. The summed E-state index contributed by atoms with van der Waals surface area (Å²) in [5, 5.41) is 16.4. The van der Waals surface area contributed by atoms with Crippen LogP contribution in [0.3, 0.4) is 0 Å². The highest BCUT2D eigenvalue weighted by Crippen LogP contribution is 2.20. The normalized spacial score (nSPS) is 12.6. The van der Waals surface area contributed by atoms with Gasteiger partial charge in [-0.25, -0.2) is 0 Å². The van der Waals surface area contributed by atoms with Gasteiger partial charge >= 0.3 is 5.97 Å². The van der Waals surface area contributed by atoms with Crippen molar-refractivity contribution in [3.63, 3.8) is 0 Å². The number of hydrogen-bond acceptors (Lipinski definition) is 5. The minimum atomic E-state index is -1.01. The van der Waals surface area contributed by atoms with Crippen molar-refractivity contribution < 1.29 is 18.7 Å². The molecule has 84 valence electrons. The molecule has 0 radical (unpaired) electrons. The Morgan fingerprint density at radius 1 is 1.56 bits per heavy atom. The molecular formula is C10H10N2O4. The molecule has 0 fully saturated rings. The van der Waals surface area contributed by atoms with E-state index < -0.39 is 11.9 Å². The number of rotatable bonds is 4. The second kappa shape index (κ2) is 4.18. The van der Waals surface area contributed by atoms with Crippen LogP contribution in [0.4, 0.5) is 0 Å². The van der Waals surface area contributed by atoms with Crippen LogP contribution >= 0.6 is 0 Å². The van der Waals surface area contributed by atoms with Crippen LogP contribution in [0.15, 0.2) is 27.2 Å². The average Bonchev–Trinajstić information content (AvgIpc) is 2.84. The van der Waals surface area contributed by atoms with Gasteiger partial charge in [0.2, 0.25) is 11.8 Å². The molecule has 2 heterocycles. The number of aliphatic carboxylic acids is 1. The smallest absolute Gasteiger partial charge is 0.316 e. The van der Waals surface area contributed by atoms with Crippen molar-refractivity contribution in [3.05, 3.63) is 35.9 Å². The number of carbonyl (C=O) groups is 1. The summed E-state index contributed by atoms with van der Waals surface area (Å²) in [6.07, 6.45) is 1.69. The highest BCUT2D eigenvalue weighted by Gasteiger charge is 2.27. The van der Waals surface area contributed by atoms with Gasteiger partial charge in [0.1, 0.15) is 11.7 Å². The lowest BCUT2D eigenvalue weighted by Gasteiger charge is -2.04. The third kappa shape index (κ3) is 2.10. The van der Waals surface area contributed by atoms with Gasteiger partial charge in [-0.05, 0) is 12.1 Å². The van der Waals surface area contributed by atoms with Gasteiger partial charge in [-0.3, -0.25) is 4.79 Å². The second-order valence-electron chi connectivity index (χ2n) is 3.33. The standard InChI is InChI=1S/C10H10N2O4/c1-6-11-12-9(16-6)8(10(13)14)5-7-3-2-4-15-7/h2-4,8H,5H2,1H3,(H,13,14). The lowest BCUT2D eigenvalue weighted by Crippen LogP contribution is -2.14. The zero-order valence-electron chi connectivity index (χ0n) is 8.58. The Bertz CT molecular complexity index is 475. The molecule has 2 rings (SSSR count). The Morgan fingerprint density at radius 2 is 2.38 bits per heavy atom. The fraction of sp³-hybridized carbons (Fsp3) is 0.300. The number of aryl methyl sites for hydroxylation is 1. The largest absolute Gasteiger partial charge is 0.481 e. The van der Waals surface area contributed by atoms with Crippen LogP contribution in [0.25, 0.3) is 0 Å². The van der Waals surface area contributed by atoms with Crippen molar-refractivity contribution in [2.75, 3.05) is 0 Å². The van der Waals surface area contributed by atoms with Crippen molar-refractivity contribution in [1.82, 2.24) is 10.2 Å². The van der Waals surface area contributed by atoms with Crippen molar-refractivity contribution in [3.8, 4) is 0 Å². The fourth-order valence-corrected chi connectivity index (χ4v) is 1.36. The Kier molecular flexibility index (Phi) is 2.72. The average molecular weight is 222 g/mol. The number of furan rings is 1. The van der Waals surface area contributed by atoms with Crippen molar-refractivity contribution in [2.24, 2.45) is 0 Å². The first-order valence-corrected chi connectivity index (χ1v) is 4.72. The monoisotopic (exact) mass is 222 g/mol. The lowest BCUT2D eigenvalue weighted by atomic mass is 10.0. The maximum Gasteiger partial charge on any atom is 0.316 e. The number of hydrogen-bond donors (Lipinski definition) is 1. The van der Waals surface area contributed by atoms with Crippen LogP contribution in [0.2, 0.25) is 0 Å². The van der Waals surface area contributed by atoms with Crippen LogP contribution in [0, 0.1) is 6.92 Å². The first-order valence-electron chi connectivity index (χ1n) is 4.72. The van der Waals surface area contributed by atoms with Gasteiger partial charge in [-0.2, -0.15) is 0 Å². The third-order valence-corrected chi connectivity index (χ3v) is 2.12. The molecule has 1 unspecified atom stereocenters. The number of carboxylic acids is 1. The lowest BCUT2D eigenvalue weighted by molar-refractivity contribution is -0.139. The molecule has 0 aromatic carbocycles. The predicted molar refractivity (Wildman–Crippen MR) is 51.8 cm³/mol. The fourth-order valence-electron chi connectivity index (χ4n) is 1.36. The van der Waals surface area contributed by atoms with E-state index in [0.717, 1.165) is 0 Å². The first kappa shape index (κ1) is 10.4. The zero-order valence-corrected chi connectivity index (χ0v) is 8.58. The summed E-state index contributed by atoms with van der Waals surface area (Å²) in [5.74, 6) is -0.863. The highest BCUT2D eigenvalue weighted by molar-refractivity contribution is 5.74. The molecule has 0 bridgehead atoms. The molecule has 1 atom stereocenters. The van der Waals surface area contributed by atoms with Gasteiger partial charge in [0, 0.05) is 13.3 Å². The van der Waals surface area contributed by atoms with Gasteiger partial charge in [-0.15, -0.1) is 10.2 Å². The van der Waals surface area contributed by atoms with E-state index in [4.69, 9.17) is 13.9 Å². The molecule has 0 aliphatic heterocycles. The van der Waals surface area contributed by atoms with Gasteiger partial charge in [0.05, 0.1) is 6.26 Å². The van der Waals surface area contributed by atoms with Gasteiger partial charge in [-0.1, -0.05) is 0 Å². The molecule has 6 heteroatoms. The van der Waals surface area contributed by atoms with E-state index >= 15 is 0 Å². The van der Waals surface area contributed by atoms with E-state index in [1.54, 1.807) is 19.1 Å². The Balaban J connectivity index is 2.21. The summed E-state index contributed by atoms with van der Waals surface area (Å²) in [7, 11) is 0. The molecule has 0 amide bonds. The summed E-state index contributed by atoms with van der Waals surface area (Å²) < 4.78 is 10.2. The predicted octanol–water partition coefficient (Wildman–Crippen LogP) is 1.38. The third-order valence-electron chi connectivity index (χ3n) is 2.12. The van der Waals surface area contributed by atoms with Crippen molar-refractivity contribution in [2.45, 2.75) is 19.3 Å². The summed E-state index contributed by atoms with van der Waals surface area (Å²) in [4.78, 5) is 11.1. The van der Waals surface area contributed by atoms with E-state index in [9.17, 15) is 4.79 Å². The summed E-state index contributed by atoms with van der Waals surface area (Å²) in [5.41, 5.74) is 0. The molecular weight excluding hydrogens is 212 g/mol. The number of nitrogens with zero attached hydrogens (tertiary/aromatic N) is 2. The summed E-state index contributed by atoms with van der Waals surface area (Å²) in [6.45, 7) is 1.61. The minimum Gasteiger partial charge on any atom is -0.481 e. The Morgan fingerprint density at radius 3 is 2.88 bits per heavy atom. The first-order chi connectivity index (χ1) is 7.66. The molecule has 0 spiro atoms. The Hall–Kier alpha value is -2.11. The van der Waals surface area contributed by atoms with Crippen LogP contribution in [0.5, 0.6) is 0 Å². The van der Waals surface area contributed by atoms with E-state index in [-0.39, 0.29) is 12.3 Å². The van der Waals surface area contributed by atoms with Crippen LogP contribution in [-0.2, 0) is 11.2 Å². The quantitative estimate of drug-likeness (QED) is 0.840. The number of aromatic nitrogens is 2. The van der Waals surface area contributed by atoms with Crippen LogP contribution < -0.4 is 0 Å². The van der Waals surface area contributed by atoms with Crippen molar-refractivity contribution >= 4 is 5.97 Å².